The number of hydrogen-bond donors (Lipinski definition) is 2. The van der Waals surface area contributed by atoms with Crippen LogP contribution in [0, 0.1) is 0 Å². The summed E-state index contributed by atoms with van der Waals surface area (Å²) in [6.45, 7) is 1.62. The number of carbonyl (C=O) groups is 1. The molecule has 2 aromatic rings. The van der Waals surface area contributed by atoms with Crippen LogP contribution in [0.2, 0.25) is 0 Å². The van der Waals surface area contributed by atoms with Crippen molar-refractivity contribution in [2.24, 2.45) is 0 Å². The Balaban J connectivity index is 1.67. The zero-order valence-electron chi connectivity index (χ0n) is 10.2. The third kappa shape index (κ3) is 2.73. The quantitative estimate of drug-likeness (QED) is 0.864. The third-order valence-electron chi connectivity index (χ3n) is 3.17. The molecule has 0 saturated carbocycles. The van der Waals surface area contributed by atoms with Gasteiger partial charge in [-0.05, 0) is 18.6 Å². The molecule has 1 fully saturated rings. The van der Waals surface area contributed by atoms with Gasteiger partial charge in [-0.25, -0.2) is 0 Å². The molecular weight excluding hydrogens is 264 g/mol. The number of amides is 1. The zero-order valence-corrected chi connectivity index (χ0v) is 11.1. The zero-order chi connectivity index (χ0) is 13.2. The molecule has 100 valence electrons. The number of carbonyl (C=O) groups excluding carboxylic acids is 1. The van der Waals surface area contributed by atoms with E-state index in [2.05, 4.69) is 14.1 Å². The van der Waals surface area contributed by atoms with Crippen LogP contribution in [-0.4, -0.2) is 50.4 Å². The SMILES string of the molecule is O=C(CN1CCC(O)C1)Nc1cccc2nsnc12. The average Bonchev–Trinajstić information content (AvgIpc) is 2.98. The number of rotatable bonds is 3. The number of aromatic nitrogens is 2. The molecular formula is C12H14N4O2S. The molecule has 2 N–H and O–H groups in total. The lowest BCUT2D eigenvalue weighted by Crippen LogP contribution is -2.32. The molecule has 1 atom stereocenters. The molecule has 19 heavy (non-hydrogen) atoms. The molecule has 0 bridgehead atoms. The van der Waals surface area contributed by atoms with E-state index in [4.69, 9.17) is 0 Å². The van der Waals surface area contributed by atoms with Crippen LogP contribution in [-0.2, 0) is 4.79 Å². The first-order valence-electron chi connectivity index (χ1n) is 6.14. The van der Waals surface area contributed by atoms with Crippen LogP contribution in [0.15, 0.2) is 18.2 Å². The number of β-amino-alcohol motifs (C(OH)–C–C–N with tert-alkyl or cyclic N) is 1. The summed E-state index contributed by atoms with van der Waals surface area (Å²) in [6.07, 6.45) is 0.428. The molecule has 1 aromatic carbocycles. The first-order valence-corrected chi connectivity index (χ1v) is 6.87. The van der Waals surface area contributed by atoms with E-state index in [1.165, 1.54) is 0 Å². The minimum atomic E-state index is -0.307. The maximum Gasteiger partial charge on any atom is 0.238 e. The number of aliphatic hydroxyl groups excluding tert-OH is 1. The van der Waals surface area contributed by atoms with Crippen molar-refractivity contribution >= 4 is 34.4 Å². The number of hydrogen-bond acceptors (Lipinski definition) is 6. The number of benzene rings is 1. The summed E-state index contributed by atoms with van der Waals surface area (Å²) in [5, 5.41) is 12.3. The van der Waals surface area contributed by atoms with Crippen molar-refractivity contribution in [1.29, 1.82) is 0 Å². The third-order valence-corrected chi connectivity index (χ3v) is 3.72. The van der Waals surface area contributed by atoms with Crippen LogP contribution in [0.25, 0.3) is 11.0 Å². The van der Waals surface area contributed by atoms with Gasteiger partial charge in [0.1, 0.15) is 11.0 Å². The molecule has 0 radical (unpaired) electrons. The fraction of sp³-hybridized carbons (Fsp3) is 0.417. The second-order valence-corrected chi connectivity index (χ2v) is 5.19. The first kappa shape index (κ1) is 12.5. The lowest BCUT2D eigenvalue weighted by atomic mass is 10.2. The van der Waals surface area contributed by atoms with Gasteiger partial charge in [-0.1, -0.05) is 6.07 Å². The Bertz CT molecular complexity index is 600. The number of likely N-dealkylation sites (tertiary alicyclic amines) is 1. The van der Waals surface area contributed by atoms with Crippen LogP contribution in [0.4, 0.5) is 5.69 Å². The van der Waals surface area contributed by atoms with Crippen molar-refractivity contribution in [3.05, 3.63) is 18.2 Å². The Labute approximate surface area is 114 Å². The van der Waals surface area contributed by atoms with Gasteiger partial charge in [-0.15, -0.1) is 0 Å². The van der Waals surface area contributed by atoms with E-state index < -0.39 is 0 Å². The minimum absolute atomic E-state index is 0.0883. The average molecular weight is 278 g/mol. The van der Waals surface area contributed by atoms with E-state index in [0.717, 1.165) is 35.7 Å². The Morgan fingerprint density at radius 1 is 1.53 bits per heavy atom. The lowest BCUT2D eigenvalue weighted by molar-refractivity contribution is -0.117. The molecule has 1 aromatic heterocycles. The summed E-state index contributed by atoms with van der Waals surface area (Å²) in [7, 11) is 0. The highest BCUT2D eigenvalue weighted by Crippen LogP contribution is 2.21. The fourth-order valence-corrected chi connectivity index (χ4v) is 2.81. The molecule has 2 heterocycles. The standard InChI is InChI=1S/C12H14N4O2S/c17-8-4-5-16(6-8)7-11(18)13-9-2-1-3-10-12(9)15-19-14-10/h1-3,8,17H,4-7H2,(H,13,18). The van der Waals surface area contributed by atoms with Gasteiger partial charge in [0.05, 0.1) is 30.1 Å². The molecule has 1 aliphatic rings. The Hall–Kier alpha value is -1.57. The lowest BCUT2D eigenvalue weighted by Gasteiger charge is -2.14. The summed E-state index contributed by atoms with van der Waals surface area (Å²) in [5.74, 6) is -0.0883. The van der Waals surface area contributed by atoms with E-state index in [0.29, 0.717) is 18.8 Å². The number of nitrogens with zero attached hydrogens (tertiary/aromatic N) is 3. The summed E-state index contributed by atoms with van der Waals surface area (Å²) >= 11 is 1.13. The highest BCUT2D eigenvalue weighted by Gasteiger charge is 2.22. The summed E-state index contributed by atoms with van der Waals surface area (Å²) in [5.41, 5.74) is 2.21. The number of nitrogens with one attached hydrogen (secondary N) is 1. The van der Waals surface area contributed by atoms with Crippen molar-refractivity contribution in [3.8, 4) is 0 Å². The predicted molar refractivity (Wildman–Crippen MR) is 73.1 cm³/mol. The predicted octanol–water partition coefficient (Wildman–Crippen LogP) is 0.696. The molecule has 1 saturated heterocycles. The molecule has 1 unspecified atom stereocenters. The van der Waals surface area contributed by atoms with E-state index in [-0.39, 0.29) is 12.0 Å². The van der Waals surface area contributed by atoms with Crippen molar-refractivity contribution < 1.29 is 9.90 Å². The van der Waals surface area contributed by atoms with Crippen molar-refractivity contribution in [2.45, 2.75) is 12.5 Å². The van der Waals surface area contributed by atoms with Gasteiger partial charge in [-0.3, -0.25) is 9.69 Å². The molecule has 7 heteroatoms. The molecule has 1 aliphatic heterocycles. The Morgan fingerprint density at radius 3 is 3.21 bits per heavy atom. The number of aliphatic hydroxyl groups is 1. The van der Waals surface area contributed by atoms with Crippen molar-refractivity contribution in [2.75, 3.05) is 25.0 Å². The maximum atomic E-state index is 12.0. The van der Waals surface area contributed by atoms with Gasteiger partial charge >= 0.3 is 0 Å². The first-order chi connectivity index (χ1) is 9.22. The maximum absolute atomic E-state index is 12.0. The monoisotopic (exact) mass is 278 g/mol. The van der Waals surface area contributed by atoms with Crippen molar-refractivity contribution in [1.82, 2.24) is 13.6 Å². The summed E-state index contributed by atoms with van der Waals surface area (Å²) in [6, 6.07) is 5.53. The molecule has 1 amide bonds. The van der Waals surface area contributed by atoms with Gasteiger partial charge in [0.15, 0.2) is 0 Å². The van der Waals surface area contributed by atoms with Gasteiger partial charge in [0.2, 0.25) is 5.91 Å². The highest BCUT2D eigenvalue weighted by molar-refractivity contribution is 7.00. The normalized spacial score (nSPS) is 19.9. The van der Waals surface area contributed by atoms with Gasteiger partial charge < -0.3 is 10.4 Å². The number of anilines is 1. The smallest absolute Gasteiger partial charge is 0.238 e. The van der Waals surface area contributed by atoms with E-state index in [1.54, 1.807) is 0 Å². The van der Waals surface area contributed by atoms with Crippen LogP contribution in [0.3, 0.4) is 0 Å². The van der Waals surface area contributed by atoms with Crippen LogP contribution in [0.1, 0.15) is 6.42 Å². The van der Waals surface area contributed by atoms with Crippen LogP contribution < -0.4 is 5.32 Å². The van der Waals surface area contributed by atoms with Crippen molar-refractivity contribution in [3.63, 3.8) is 0 Å². The van der Waals surface area contributed by atoms with E-state index >= 15 is 0 Å². The molecule has 0 spiro atoms. The molecule has 0 aliphatic carbocycles. The molecule has 3 rings (SSSR count). The van der Waals surface area contributed by atoms with Gasteiger partial charge in [-0.2, -0.15) is 8.75 Å². The van der Waals surface area contributed by atoms with Gasteiger partial charge in [0.25, 0.3) is 0 Å². The minimum Gasteiger partial charge on any atom is -0.392 e. The topological polar surface area (TPSA) is 78.4 Å². The summed E-state index contributed by atoms with van der Waals surface area (Å²) < 4.78 is 8.31. The van der Waals surface area contributed by atoms with E-state index in [1.807, 2.05) is 23.1 Å². The molecule has 6 nitrogen and oxygen atoms in total. The fourth-order valence-electron chi connectivity index (χ4n) is 2.26. The largest absolute Gasteiger partial charge is 0.392 e. The van der Waals surface area contributed by atoms with Gasteiger partial charge in [0, 0.05) is 13.1 Å². The van der Waals surface area contributed by atoms with Crippen LogP contribution >= 0.6 is 11.7 Å². The van der Waals surface area contributed by atoms with E-state index in [9.17, 15) is 9.90 Å². The summed E-state index contributed by atoms with van der Waals surface area (Å²) in [4.78, 5) is 13.9. The number of fused-ring (bicyclic) bond motifs is 1. The second-order valence-electron chi connectivity index (χ2n) is 4.66. The highest BCUT2D eigenvalue weighted by atomic mass is 32.1. The second kappa shape index (κ2) is 5.20. The Kier molecular flexibility index (Phi) is 3.41. The van der Waals surface area contributed by atoms with Crippen LogP contribution in [0.5, 0.6) is 0 Å². The Morgan fingerprint density at radius 2 is 2.42 bits per heavy atom.